The molecule has 4 heteroatoms. The van der Waals surface area contributed by atoms with E-state index < -0.39 is 0 Å². The molecule has 0 bridgehead atoms. The van der Waals surface area contributed by atoms with Gasteiger partial charge in [-0.2, -0.15) is 0 Å². The van der Waals surface area contributed by atoms with Gasteiger partial charge in [0.15, 0.2) is 0 Å². The highest BCUT2D eigenvalue weighted by Gasteiger charge is 2.15. The molecule has 1 saturated carbocycles. The Balaban J connectivity index is 1.93. The van der Waals surface area contributed by atoms with Crippen LogP contribution in [0.4, 0.5) is 0 Å². The van der Waals surface area contributed by atoms with Gasteiger partial charge >= 0.3 is 5.97 Å². The third kappa shape index (κ3) is 2.93. The van der Waals surface area contributed by atoms with Crippen molar-refractivity contribution >= 4 is 5.97 Å². The van der Waals surface area contributed by atoms with Crippen LogP contribution in [0.5, 0.6) is 0 Å². The lowest BCUT2D eigenvalue weighted by molar-refractivity contribution is 0.0589. The number of methoxy groups -OCH3 is 1. The van der Waals surface area contributed by atoms with Gasteiger partial charge in [0.2, 0.25) is 0 Å². The molecule has 1 fully saturated rings. The van der Waals surface area contributed by atoms with Crippen LogP contribution in [0.2, 0.25) is 0 Å². The van der Waals surface area contributed by atoms with Crippen molar-refractivity contribution in [3.05, 3.63) is 23.5 Å². The summed E-state index contributed by atoms with van der Waals surface area (Å²) in [5.41, 5.74) is 1.74. The van der Waals surface area contributed by atoms with E-state index in [1.165, 1.54) is 39.2 Å². The van der Waals surface area contributed by atoms with Crippen molar-refractivity contribution in [2.75, 3.05) is 7.11 Å². The number of aromatic nitrogens is 1. The molecule has 2 rings (SSSR count). The van der Waals surface area contributed by atoms with E-state index in [-0.39, 0.29) is 5.97 Å². The number of hydrogen-bond acceptors (Lipinski definition) is 3. The molecule has 0 radical (unpaired) electrons. The van der Waals surface area contributed by atoms with Crippen LogP contribution in [0.3, 0.4) is 0 Å². The van der Waals surface area contributed by atoms with Crippen LogP contribution < -0.4 is 5.32 Å². The lowest BCUT2D eigenvalue weighted by Gasteiger charge is -2.23. The summed E-state index contributed by atoms with van der Waals surface area (Å²) in [6.07, 6.45) is 6.58. The molecule has 1 heterocycles. The van der Waals surface area contributed by atoms with E-state index in [2.05, 4.69) is 5.32 Å². The predicted molar refractivity (Wildman–Crippen MR) is 70.5 cm³/mol. The van der Waals surface area contributed by atoms with E-state index >= 15 is 0 Å². The molecule has 0 spiro atoms. The normalized spacial score (nSPS) is 16.8. The predicted octanol–water partition coefficient (Wildman–Crippen LogP) is 2.23. The fourth-order valence-electron chi connectivity index (χ4n) is 2.60. The first-order valence-electron chi connectivity index (χ1n) is 6.68. The third-order valence-corrected chi connectivity index (χ3v) is 3.80. The number of hydrogen-bond donors (Lipinski definition) is 1. The summed E-state index contributed by atoms with van der Waals surface area (Å²) in [7, 11) is 3.32. The third-order valence-electron chi connectivity index (χ3n) is 3.80. The highest BCUT2D eigenvalue weighted by atomic mass is 16.5. The van der Waals surface area contributed by atoms with Gasteiger partial charge in [0.25, 0.3) is 0 Å². The molecule has 0 aliphatic heterocycles. The number of nitrogens with zero attached hydrogens (tertiary/aromatic N) is 1. The Morgan fingerprint density at radius 1 is 1.39 bits per heavy atom. The van der Waals surface area contributed by atoms with Gasteiger partial charge in [-0.05, 0) is 25.0 Å². The van der Waals surface area contributed by atoms with Gasteiger partial charge in [0, 0.05) is 25.3 Å². The van der Waals surface area contributed by atoms with E-state index in [1.54, 1.807) is 0 Å². The Morgan fingerprint density at radius 3 is 2.78 bits per heavy atom. The molecule has 1 aromatic rings. The Morgan fingerprint density at radius 2 is 2.11 bits per heavy atom. The molecule has 0 unspecified atom stereocenters. The summed E-state index contributed by atoms with van der Waals surface area (Å²) in [5, 5.41) is 3.58. The van der Waals surface area contributed by atoms with Crippen molar-refractivity contribution in [3.8, 4) is 0 Å². The van der Waals surface area contributed by atoms with Gasteiger partial charge in [-0.15, -0.1) is 0 Å². The number of carbonyl (C=O) groups excluding carboxylic acids is 1. The molecule has 0 atom stereocenters. The maximum absolute atomic E-state index is 11.5. The number of nitrogens with one attached hydrogen (secondary N) is 1. The SMILES string of the molecule is COC(=O)c1ccc(CNC2CCCCC2)n1C. The molecule has 0 saturated heterocycles. The van der Waals surface area contributed by atoms with Crippen molar-refractivity contribution in [2.24, 2.45) is 7.05 Å². The maximum Gasteiger partial charge on any atom is 0.354 e. The van der Waals surface area contributed by atoms with E-state index in [1.807, 2.05) is 23.7 Å². The van der Waals surface area contributed by atoms with Crippen LogP contribution in [0, 0.1) is 0 Å². The van der Waals surface area contributed by atoms with Crippen molar-refractivity contribution in [3.63, 3.8) is 0 Å². The topological polar surface area (TPSA) is 43.3 Å². The molecule has 1 N–H and O–H groups in total. The average molecular weight is 250 g/mol. The Kier molecular flexibility index (Phi) is 4.42. The van der Waals surface area contributed by atoms with E-state index in [0.29, 0.717) is 11.7 Å². The lowest BCUT2D eigenvalue weighted by Crippen LogP contribution is -2.31. The quantitative estimate of drug-likeness (QED) is 0.833. The van der Waals surface area contributed by atoms with Gasteiger partial charge in [-0.3, -0.25) is 0 Å². The largest absolute Gasteiger partial charge is 0.464 e. The first-order valence-corrected chi connectivity index (χ1v) is 6.68. The van der Waals surface area contributed by atoms with Crippen molar-refractivity contribution < 1.29 is 9.53 Å². The summed E-state index contributed by atoms with van der Waals surface area (Å²) in [4.78, 5) is 11.5. The zero-order valence-electron chi connectivity index (χ0n) is 11.2. The lowest BCUT2D eigenvalue weighted by atomic mass is 9.95. The summed E-state index contributed by atoms with van der Waals surface area (Å²) in [6.45, 7) is 0.818. The molecule has 18 heavy (non-hydrogen) atoms. The molecule has 0 aromatic carbocycles. The monoisotopic (exact) mass is 250 g/mol. The van der Waals surface area contributed by atoms with Crippen LogP contribution >= 0.6 is 0 Å². The standard InChI is InChI=1S/C14H22N2O2/c1-16-12(8-9-13(16)14(17)18-2)10-15-11-6-4-3-5-7-11/h8-9,11,15H,3-7,10H2,1-2H3. The average Bonchev–Trinajstić information content (AvgIpc) is 2.78. The minimum atomic E-state index is -0.276. The molecule has 100 valence electrons. The Bertz CT molecular complexity index is 406. The number of carbonyl (C=O) groups is 1. The van der Waals surface area contributed by atoms with Gasteiger partial charge < -0.3 is 14.6 Å². The van der Waals surface area contributed by atoms with Gasteiger partial charge in [0.1, 0.15) is 5.69 Å². The van der Waals surface area contributed by atoms with Gasteiger partial charge in [-0.1, -0.05) is 19.3 Å². The van der Waals surface area contributed by atoms with Crippen LogP contribution in [0.25, 0.3) is 0 Å². The highest BCUT2D eigenvalue weighted by molar-refractivity contribution is 5.87. The molecular weight excluding hydrogens is 228 g/mol. The second-order valence-corrected chi connectivity index (χ2v) is 4.98. The van der Waals surface area contributed by atoms with E-state index in [0.717, 1.165) is 12.2 Å². The zero-order chi connectivity index (χ0) is 13.0. The van der Waals surface area contributed by atoms with Crippen LogP contribution in [-0.2, 0) is 18.3 Å². The highest BCUT2D eigenvalue weighted by Crippen LogP contribution is 2.18. The molecular formula is C14H22N2O2. The van der Waals surface area contributed by atoms with Crippen LogP contribution in [0.1, 0.15) is 48.3 Å². The second kappa shape index (κ2) is 6.05. The van der Waals surface area contributed by atoms with Crippen LogP contribution in [-0.4, -0.2) is 23.7 Å². The number of ether oxygens (including phenoxy) is 1. The minimum absolute atomic E-state index is 0.276. The van der Waals surface area contributed by atoms with Gasteiger partial charge in [-0.25, -0.2) is 4.79 Å². The summed E-state index contributed by atoms with van der Waals surface area (Å²) < 4.78 is 6.65. The molecule has 1 aliphatic rings. The molecule has 4 nitrogen and oxygen atoms in total. The first kappa shape index (κ1) is 13.1. The van der Waals surface area contributed by atoms with Crippen molar-refractivity contribution in [2.45, 2.75) is 44.7 Å². The fraction of sp³-hybridized carbons (Fsp3) is 0.643. The minimum Gasteiger partial charge on any atom is -0.464 e. The zero-order valence-corrected chi connectivity index (χ0v) is 11.2. The smallest absolute Gasteiger partial charge is 0.354 e. The van der Waals surface area contributed by atoms with E-state index in [4.69, 9.17) is 4.74 Å². The van der Waals surface area contributed by atoms with Crippen LogP contribution in [0.15, 0.2) is 12.1 Å². The molecule has 1 aromatic heterocycles. The summed E-state index contributed by atoms with van der Waals surface area (Å²) >= 11 is 0. The van der Waals surface area contributed by atoms with Crippen molar-refractivity contribution in [1.82, 2.24) is 9.88 Å². The van der Waals surface area contributed by atoms with Crippen molar-refractivity contribution in [1.29, 1.82) is 0 Å². The van der Waals surface area contributed by atoms with E-state index in [9.17, 15) is 4.79 Å². The number of rotatable bonds is 4. The Hall–Kier alpha value is -1.29. The fourth-order valence-corrected chi connectivity index (χ4v) is 2.60. The van der Waals surface area contributed by atoms with Gasteiger partial charge in [0.05, 0.1) is 7.11 Å². The first-order chi connectivity index (χ1) is 8.72. The molecule has 1 aliphatic carbocycles. The summed E-state index contributed by atoms with van der Waals surface area (Å²) in [6, 6.07) is 4.45. The maximum atomic E-state index is 11.5. The number of esters is 1. The molecule has 0 amide bonds. The Labute approximate surface area is 108 Å². The summed E-state index contributed by atoms with van der Waals surface area (Å²) in [5.74, 6) is -0.276. The second-order valence-electron chi connectivity index (χ2n) is 4.98.